The molecule has 2 aliphatic rings. The highest BCUT2D eigenvalue weighted by atomic mass is 16.5. The van der Waals surface area contributed by atoms with Gasteiger partial charge in [0.15, 0.2) is 0 Å². The summed E-state index contributed by atoms with van der Waals surface area (Å²) in [5, 5.41) is 0. The van der Waals surface area contributed by atoms with Crippen LogP contribution in [0.1, 0.15) is 32.0 Å². The van der Waals surface area contributed by atoms with E-state index in [-0.39, 0.29) is 0 Å². The van der Waals surface area contributed by atoms with E-state index in [0.29, 0.717) is 12.1 Å². The van der Waals surface area contributed by atoms with Crippen LogP contribution in [0.4, 0.5) is 0 Å². The van der Waals surface area contributed by atoms with Crippen molar-refractivity contribution < 1.29 is 4.74 Å². The maximum atomic E-state index is 5.85. The molecule has 0 N–H and O–H groups in total. The van der Waals surface area contributed by atoms with E-state index in [1.807, 2.05) is 6.20 Å². The van der Waals surface area contributed by atoms with Crippen molar-refractivity contribution in [2.24, 2.45) is 0 Å². The standard InChI is InChI=1S/C17H30N4O/c1-3-5-16-13-22-14-17-12-19(10-11-21(16)17)7-4-8-20-9-6-18-15(20)2/h6,9,16-17H,3-5,7-8,10-14H2,1-2H3/t16-,17+/m0/s1. The number of aryl methyl sites for hydroxylation is 2. The van der Waals surface area contributed by atoms with E-state index in [1.165, 1.54) is 45.4 Å². The quantitative estimate of drug-likeness (QED) is 0.802. The Morgan fingerprint density at radius 3 is 2.95 bits per heavy atom. The Balaban J connectivity index is 1.44. The summed E-state index contributed by atoms with van der Waals surface area (Å²) in [5.41, 5.74) is 0. The molecule has 5 heteroatoms. The third-order valence-corrected chi connectivity index (χ3v) is 5.12. The Labute approximate surface area is 134 Å². The first-order chi connectivity index (χ1) is 10.8. The van der Waals surface area contributed by atoms with Crippen molar-refractivity contribution in [1.29, 1.82) is 0 Å². The van der Waals surface area contributed by atoms with Crippen molar-refractivity contribution in [3.63, 3.8) is 0 Å². The van der Waals surface area contributed by atoms with Crippen molar-refractivity contribution in [3.8, 4) is 0 Å². The molecule has 2 fully saturated rings. The molecule has 0 spiro atoms. The van der Waals surface area contributed by atoms with Gasteiger partial charge in [-0.3, -0.25) is 4.90 Å². The van der Waals surface area contributed by atoms with Gasteiger partial charge in [-0.1, -0.05) is 13.3 Å². The van der Waals surface area contributed by atoms with E-state index in [4.69, 9.17) is 4.74 Å². The second-order valence-corrected chi connectivity index (χ2v) is 6.69. The molecule has 3 rings (SSSR count). The summed E-state index contributed by atoms with van der Waals surface area (Å²) < 4.78 is 8.10. The van der Waals surface area contributed by atoms with Crippen LogP contribution >= 0.6 is 0 Å². The summed E-state index contributed by atoms with van der Waals surface area (Å²) in [6.07, 6.45) is 7.70. The Hall–Kier alpha value is -0.910. The second kappa shape index (κ2) is 7.57. The highest BCUT2D eigenvalue weighted by Crippen LogP contribution is 2.21. The van der Waals surface area contributed by atoms with Crippen molar-refractivity contribution in [2.45, 2.75) is 51.7 Å². The van der Waals surface area contributed by atoms with E-state index in [9.17, 15) is 0 Å². The van der Waals surface area contributed by atoms with E-state index in [2.05, 4.69) is 39.4 Å². The van der Waals surface area contributed by atoms with Crippen molar-refractivity contribution in [3.05, 3.63) is 18.2 Å². The molecule has 0 aromatic carbocycles. The van der Waals surface area contributed by atoms with Gasteiger partial charge >= 0.3 is 0 Å². The predicted molar refractivity (Wildman–Crippen MR) is 88.0 cm³/mol. The molecule has 2 atom stereocenters. The zero-order chi connectivity index (χ0) is 15.4. The molecule has 3 heterocycles. The van der Waals surface area contributed by atoms with Crippen LogP contribution in [0.25, 0.3) is 0 Å². The summed E-state index contributed by atoms with van der Waals surface area (Å²) in [7, 11) is 0. The SMILES string of the molecule is CCC[C@H]1COC[C@H]2CN(CCCn3ccnc3C)CCN12. The number of ether oxygens (including phenoxy) is 1. The number of aromatic nitrogens is 2. The molecule has 1 aromatic heterocycles. The Morgan fingerprint density at radius 1 is 1.27 bits per heavy atom. The van der Waals surface area contributed by atoms with Gasteiger partial charge in [0.1, 0.15) is 5.82 Å². The van der Waals surface area contributed by atoms with Gasteiger partial charge in [0.05, 0.1) is 13.2 Å². The number of hydrogen-bond donors (Lipinski definition) is 0. The number of fused-ring (bicyclic) bond motifs is 1. The fraction of sp³-hybridized carbons (Fsp3) is 0.824. The summed E-state index contributed by atoms with van der Waals surface area (Å²) in [6.45, 7) is 12.0. The minimum atomic E-state index is 0.606. The van der Waals surface area contributed by atoms with Crippen LogP contribution in [0, 0.1) is 6.92 Å². The van der Waals surface area contributed by atoms with Gasteiger partial charge in [-0.2, -0.15) is 0 Å². The fourth-order valence-corrected chi connectivity index (χ4v) is 3.89. The monoisotopic (exact) mass is 306 g/mol. The zero-order valence-electron chi connectivity index (χ0n) is 14.1. The van der Waals surface area contributed by atoms with Crippen LogP contribution in [0.3, 0.4) is 0 Å². The second-order valence-electron chi connectivity index (χ2n) is 6.69. The molecule has 0 amide bonds. The lowest BCUT2D eigenvalue weighted by molar-refractivity contribution is -0.0829. The normalized spacial score (nSPS) is 27.0. The van der Waals surface area contributed by atoms with Crippen LogP contribution < -0.4 is 0 Å². The minimum absolute atomic E-state index is 0.606. The third kappa shape index (κ3) is 3.70. The molecular weight excluding hydrogens is 276 g/mol. The van der Waals surface area contributed by atoms with E-state index >= 15 is 0 Å². The molecule has 0 radical (unpaired) electrons. The molecule has 124 valence electrons. The van der Waals surface area contributed by atoms with Crippen molar-refractivity contribution in [2.75, 3.05) is 39.4 Å². The number of nitrogens with zero attached hydrogens (tertiary/aromatic N) is 4. The van der Waals surface area contributed by atoms with Gasteiger partial charge in [0.2, 0.25) is 0 Å². The van der Waals surface area contributed by atoms with Gasteiger partial charge < -0.3 is 14.2 Å². The maximum absolute atomic E-state index is 5.85. The number of imidazole rings is 1. The van der Waals surface area contributed by atoms with E-state index in [0.717, 1.165) is 25.6 Å². The van der Waals surface area contributed by atoms with Crippen LogP contribution in [0.2, 0.25) is 0 Å². The van der Waals surface area contributed by atoms with Gasteiger partial charge in [-0.05, 0) is 26.3 Å². The predicted octanol–water partition coefficient (Wildman–Crippen LogP) is 1.77. The van der Waals surface area contributed by atoms with Crippen LogP contribution in [0.5, 0.6) is 0 Å². The number of morpholine rings is 1. The highest BCUT2D eigenvalue weighted by Gasteiger charge is 2.34. The van der Waals surface area contributed by atoms with Crippen LogP contribution in [0.15, 0.2) is 12.4 Å². The molecule has 0 unspecified atom stereocenters. The average molecular weight is 306 g/mol. The fourth-order valence-electron chi connectivity index (χ4n) is 3.89. The molecule has 2 aliphatic heterocycles. The Bertz CT molecular complexity index is 459. The number of hydrogen-bond acceptors (Lipinski definition) is 4. The van der Waals surface area contributed by atoms with Gasteiger partial charge in [0.25, 0.3) is 0 Å². The first-order valence-electron chi connectivity index (χ1n) is 8.81. The average Bonchev–Trinajstić information content (AvgIpc) is 2.93. The Morgan fingerprint density at radius 2 is 2.18 bits per heavy atom. The molecule has 1 aromatic rings. The lowest BCUT2D eigenvalue weighted by atomic mass is 10.0. The van der Waals surface area contributed by atoms with Gasteiger partial charge in [0, 0.05) is 50.7 Å². The smallest absolute Gasteiger partial charge is 0.105 e. The van der Waals surface area contributed by atoms with Gasteiger partial charge in [-0.25, -0.2) is 4.98 Å². The van der Waals surface area contributed by atoms with Crippen molar-refractivity contribution in [1.82, 2.24) is 19.4 Å². The van der Waals surface area contributed by atoms with E-state index < -0.39 is 0 Å². The summed E-state index contributed by atoms with van der Waals surface area (Å²) in [4.78, 5) is 9.62. The maximum Gasteiger partial charge on any atom is 0.105 e. The third-order valence-electron chi connectivity index (χ3n) is 5.12. The lowest BCUT2D eigenvalue weighted by Crippen LogP contribution is -2.61. The molecule has 0 saturated carbocycles. The zero-order valence-corrected chi connectivity index (χ0v) is 14.1. The number of rotatable bonds is 6. The minimum Gasteiger partial charge on any atom is -0.378 e. The molecule has 0 aliphatic carbocycles. The summed E-state index contributed by atoms with van der Waals surface area (Å²) >= 11 is 0. The van der Waals surface area contributed by atoms with E-state index in [1.54, 1.807) is 0 Å². The Kier molecular flexibility index (Phi) is 5.50. The van der Waals surface area contributed by atoms with Gasteiger partial charge in [-0.15, -0.1) is 0 Å². The molecular formula is C17H30N4O. The van der Waals surface area contributed by atoms with Crippen molar-refractivity contribution >= 4 is 0 Å². The van der Waals surface area contributed by atoms with Crippen LogP contribution in [-0.2, 0) is 11.3 Å². The highest BCUT2D eigenvalue weighted by molar-refractivity contribution is 4.90. The first-order valence-corrected chi connectivity index (χ1v) is 8.81. The number of piperazine rings is 1. The lowest BCUT2D eigenvalue weighted by Gasteiger charge is -2.48. The first kappa shape index (κ1) is 16.0. The topological polar surface area (TPSA) is 33.5 Å². The molecule has 0 bridgehead atoms. The summed E-state index contributed by atoms with van der Waals surface area (Å²) in [6, 6.07) is 1.26. The van der Waals surface area contributed by atoms with Crippen LogP contribution in [-0.4, -0.2) is 70.8 Å². The molecule has 5 nitrogen and oxygen atoms in total. The largest absolute Gasteiger partial charge is 0.378 e. The summed E-state index contributed by atoms with van der Waals surface area (Å²) in [5.74, 6) is 1.12. The molecule has 2 saturated heterocycles. The molecule has 22 heavy (non-hydrogen) atoms.